The minimum atomic E-state index is 0.350. The van der Waals surface area contributed by atoms with Crippen LogP contribution < -0.4 is 16.6 Å². The molecular formula is C7H7BrClN3S. The molecule has 6 heteroatoms. The third kappa shape index (κ3) is 3.11. The van der Waals surface area contributed by atoms with E-state index >= 15 is 0 Å². The van der Waals surface area contributed by atoms with Crippen LogP contribution in [0.15, 0.2) is 22.7 Å². The SMILES string of the molecule is NNC(=S)Nc1ccc(Cl)cc1Br. The Morgan fingerprint density at radius 2 is 2.23 bits per heavy atom. The molecule has 0 spiro atoms. The lowest BCUT2D eigenvalue weighted by Crippen LogP contribution is -2.34. The van der Waals surface area contributed by atoms with E-state index in [1.165, 1.54) is 0 Å². The van der Waals surface area contributed by atoms with Crippen molar-refractivity contribution in [1.29, 1.82) is 0 Å². The molecule has 1 aromatic rings. The fourth-order valence-corrected chi connectivity index (χ4v) is 1.64. The van der Waals surface area contributed by atoms with E-state index in [2.05, 4.69) is 26.7 Å². The Hall–Kier alpha value is -0.360. The van der Waals surface area contributed by atoms with Crippen molar-refractivity contribution >= 4 is 50.5 Å². The van der Waals surface area contributed by atoms with Crippen molar-refractivity contribution in [1.82, 2.24) is 5.43 Å². The number of hydrogen-bond donors (Lipinski definition) is 3. The molecule has 4 N–H and O–H groups in total. The molecule has 0 aliphatic heterocycles. The zero-order chi connectivity index (χ0) is 9.84. The third-order valence-electron chi connectivity index (χ3n) is 1.31. The van der Waals surface area contributed by atoms with Crippen LogP contribution in [0.4, 0.5) is 5.69 Å². The summed E-state index contributed by atoms with van der Waals surface area (Å²) in [6.07, 6.45) is 0. The predicted molar refractivity (Wildman–Crippen MR) is 62.7 cm³/mol. The van der Waals surface area contributed by atoms with Crippen LogP contribution in [0.3, 0.4) is 0 Å². The molecule has 1 aromatic carbocycles. The van der Waals surface area contributed by atoms with Crippen molar-refractivity contribution in [2.45, 2.75) is 0 Å². The van der Waals surface area contributed by atoms with Crippen molar-refractivity contribution in [3.05, 3.63) is 27.7 Å². The van der Waals surface area contributed by atoms with Crippen LogP contribution >= 0.6 is 39.7 Å². The first-order valence-electron chi connectivity index (χ1n) is 3.36. The molecule has 0 aromatic heterocycles. The summed E-state index contributed by atoms with van der Waals surface area (Å²) < 4.78 is 0.831. The normalized spacial score (nSPS) is 9.46. The molecule has 0 aliphatic rings. The molecule has 70 valence electrons. The molecule has 1 rings (SSSR count). The first kappa shape index (κ1) is 10.7. The molecule has 3 nitrogen and oxygen atoms in total. The van der Waals surface area contributed by atoms with Gasteiger partial charge in [-0.15, -0.1) is 0 Å². The van der Waals surface area contributed by atoms with E-state index in [1.54, 1.807) is 18.2 Å². The Morgan fingerprint density at radius 3 is 2.77 bits per heavy atom. The van der Waals surface area contributed by atoms with E-state index in [9.17, 15) is 0 Å². The van der Waals surface area contributed by atoms with Crippen LogP contribution in [0.25, 0.3) is 0 Å². The molecule has 0 saturated carbocycles. The smallest absolute Gasteiger partial charge is 0.185 e. The van der Waals surface area contributed by atoms with Crippen molar-refractivity contribution in [3.63, 3.8) is 0 Å². The number of halogens is 2. The van der Waals surface area contributed by atoms with E-state index in [0.29, 0.717) is 10.1 Å². The second-order valence-electron chi connectivity index (χ2n) is 2.22. The van der Waals surface area contributed by atoms with Crippen molar-refractivity contribution in [2.24, 2.45) is 5.84 Å². The average Bonchev–Trinajstić information content (AvgIpc) is 2.09. The number of hydrogen-bond acceptors (Lipinski definition) is 2. The fraction of sp³-hybridized carbons (Fsp3) is 0. The van der Waals surface area contributed by atoms with Gasteiger partial charge in [0, 0.05) is 9.50 Å². The Bertz CT molecular complexity index is 332. The van der Waals surface area contributed by atoms with Gasteiger partial charge in [0.2, 0.25) is 0 Å². The summed E-state index contributed by atoms with van der Waals surface area (Å²) in [5.74, 6) is 5.10. The highest BCUT2D eigenvalue weighted by molar-refractivity contribution is 9.10. The number of rotatable bonds is 1. The van der Waals surface area contributed by atoms with E-state index in [1.807, 2.05) is 0 Å². The van der Waals surface area contributed by atoms with E-state index in [4.69, 9.17) is 29.7 Å². The third-order valence-corrected chi connectivity index (χ3v) is 2.42. The lowest BCUT2D eigenvalue weighted by Gasteiger charge is -2.08. The lowest BCUT2D eigenvalue weighted by molar-refractivity contribution is 1.04. The van der Waals surface area contributed by atoms with Gasteiger partial charge in [-0.05, 0) is 46.3 Å². The maximum Gasteiger partial charge on any atom is 0.185 e. The molecular weight excluding hydrogens is 274 g/mol. The Labute approximate surface area is 94.7 Å². The molecule has 0 fully saturated rings. The largest absolute Gasteiger partial charge is 0.331 e. The molecule has 0 heterocycles. The maximum atomic E-state index is 5.76. The van der Waals surface area contributed by atoms with Crippen LogP contribution in [0.2, 0.25) is 5.02 Å². The van der Waals surface area contributed by atoms with Gasteiger partial charge in [-0.1, -0.05) is 11.6 Å². The molecule has 13 heavy (non-hydrogen) atoms. The minimum Gasteiger partial charge on any atom is -0.331 e. The van der Waals surface area contributed by atoms with Gasteiger partial charge in [0.1, 0.15) is 0 Å². The highest BCUT2D eigenvalue weighted by Crippen LogP contribution is 2.25. The molecule has 0 bridgehead atoms. The second kappa shape index (κ2) is 4.76. The fourth-order valence-electron chi connectivity index (χ4n) is 0.749. The number of anilines is 1. The molecule has 0 amide bonds. The number of thiocarbonyl (C=S) groups is 1. The Kier molecular flexibility index (Phi) is 3.92. The molecule has 0 saturated heterocycles. The average molecular weight is 281 g/mol. The number of benzene rings is 1. The van der Waals surface area contributed by atoms with Gasteiger partial charge in [0.25, 0.3) is 0 Å². The van der Waals surface area contributed by atoms with Gasteiger partial charge < -0.3 is 10.7 Å². The Morgan fingerprint density at radius 1 is 1.54 bits per heavy atom. The second-order valence-corrected chi connectivity index (χ2v) is 3.92. The van der Waals surface area contributed by atoms with Crippen LogP contribution in [0.5, 0.6) is 0 Å². The van der Waals surface area contributed by atoms with Crippen LogP contribution in [0.1, 0.15) is 0 Å². The van der Waals surface area contributed by atoms with E-state index in [0.717, 1.165) is 10.2 Å². The summed E-state index contributed by atoms with van der Waals surface area (Å²) >= 11 is 13.9. The van der Waals surface area contributed by atoms with Crippen LogP contribution in [0, 0.1) is 0 Å². The van der Waals surface area contributed by atoms with E-state index in [-0.39, 0.29) is 0 Å². The zero-order valence-electron chi connectivity index (χ0n) is 6.47. The van der Waals surface area contributed by atoms with Gasteiger partial charge in [-0.2, -0.15) is 0 Å². The zero-order valence-corrected chi connectivity index (χ0v) is 9.63. The summed E-state index contributed by atoms with van der Waals surface area (Å²) in [4.78, 5) is 0. The first-order chi connectivity index (χ1) is 6.13. The standard InChI is InChI=1S/C7H7BrClN3S/c8-5-3-4(9)1-2-6(5)11-7(13)12-10/h1-3H,10H2,(H2,11,12,13). The predicted octanol–water partition coefficient (Wildman–Crippen LogP) is 2.26. The lowest BCUT2D eigenvalue weighted by atomic mass is 10.3. The quantitative estimate of drug-likeness (QED) is 0.420. The van der Waals surface area contributed by atoms with Gasteiger partial charge >= 0.3 is 0 Å². The summed E-state index contributed by atoms with van der Waals surface area (Å²) in [7, 11) is 0. The summed E-state index contributed by atoms with van der Waals surface area (Å²) in [5, 5.41) is 3.88. The van der Waals surface area contributed by atoms with Gasteiger partial charge in [-0.25, -0.2) is 5.84 Å². The van der Waals surface area contributed by atoms with Crippen molar-refractivity contribution in [2.75, 3.05) is 5.32 Å². The monoisotopic (exact) mass is 279 g/mol. The minimum absolute atomic E-state index is 0.350. The van der Waals surface area contributed by atoms with Crippen molar-refractivity contribution in [3.8, 4) is 0 Å². The van der Waals surface area contributed by atoms with Crippen LogP contribution in [-0.2, 0) is 0 Å². The van der Waals surface area contributed by atoms with E-state index < -0.39 is 0 Å². The number of nitrogens with two attached hydrogens (primary N) is 1. The summed E-state index contributed by atoms with van der Waals surface area (Å²) in [5.41, 5.74) is 3.13. The highest BCUT2D eigenvalue weighted by Gasteiger charge is 2.01. The highest BCUT2D eigenvalue weighted by atomic mass is 79.9. The van der Waals surface area contributed by atoms with Gasteiger partial charge in [0.05, 0.1) is 5.69 Å². The molecule has 0 unspecified atom stereocenters. The molecule has 0 aliphatic carbocycles. The summed E-state index contributed by atoms with van der Waals surface area (Å²) in [6.45, 7) is 0. The Balaban J connectivity index is 2.83. The first-order valence-corrected chi connectivity index (χ1v) is 4.94. The molecule has 0 atom stereocenters. The van der Waals surface area contributed by atoms with Gasteiger partial charge in [0.15, 0.2) is 5.11 Å². The molecule has 0 radical (unpaired) electrons. The van der Waals surface area contributed by atoms with Gasteiger partial charge in [-0.3, -0.25) is 0 Å². The number of hydrazine groups is 1. The van der Waals surface area contributed by atoms with Crippen molar-refractivity contribution < 1.29 is 0 Å². The topological polar surface area (TPSA) is 50.1 Å². The summed E-state index contributed by atoms with van der Waals surface area (Å²) in [6, 6.07) is 5.33. The van der Waals surface area contributed by atoms with Crippen LogP contribution in [-0.4, -0.2) is 5.11 Å². The maximum absolute atomic E-state index is 5.76. The number of nitrogens with one attached hydrogen (secondary N) is 2.